The molecule has 0 aliphatic carbocycles. The molecule has 1 aromatic carbocycles. The number of fused-ring (bicyclic) bond motifs is 1. The van der Waals surface area contributed by atoms with Crippen molar-refractivity contribution in [1.29, 1.82) is 0 Å². The van der Waals surface area contributed by atoms with Gasteiger partial charge in [-0.1, -0.05) is 36.4 Å². The van der Waals surface area contributed by atoms with Crippen LogP contribution in [-0.4, -0.2) is 9.97 Å². The quantitative estimate of drug-likeness (QED) is 0.591. The number of rotatable bonds is 5. The fourth-order valence-electron chi connectivity index (χ4n) is 3.12. The molecule has 0 unspecified atom stereocenters. The zero-order valence-corrected chi connectivity index (χ0v) is 13.7. The van der Waals surface area contributed by atoms with Crippen molar-refractivity contribution in [3.05, 3.63) is 88.5 Å². The molecule has 0 fully saturated rings. The lowest BCUT2D eigenvalue weighted by Crippen LogP contribution is -2.03. The van der Waals surface area contributed by atoms with E-state index in [1.54, 1.807) is 18.5 Å². The van der Waals surface area contributed by atoms with Crippen LogP contribution in [0.1, 0.15) is 17.5 Å². The zero-order valence-electron chi connectivity index (χ0n) is 13.7. The molecule has 0 radical (unpaired) electrons. The third-order valence-electron chi connectivity index (χ3n) is 4.35. The van der Waals surface area contributed by atoms with Gasteiger partial charge in [0.25, 0.3) is 0 Å². The number of benzene rings is 1. The number of hydrogen-bond acceptors (Lipinski definition) is 3. The summed E-state index contributed by atoms with van der Waals surface area (Å²) in [5.74, 6) is 0.899. The molecule has 4 rings (SSSR count). The van der Waals surface area contributed by atoms with E-state index in [4.69, 9.17) is 4.42 Å². The van der Waals surface area contributed by atoms with E-state index in [1.165, 1.54) is 5.56 Å². The Bertz CT molecular complexity index is 1030. The van der Waals surface area contributed by atoms with Gasteiger partial charge in [-0.2, -0.15) is 0 Å². The predicted molar refractivity (Wildman–Crippen MR) is 98.5 cm³/mol. The standard InChI is InChI=1S/C21H18N2O2/c24-19-12-11-15(14-23-19)6-4-9-17-18-10-5-13-22-21(18)25-20(17)16-7-2-1-3-8-16/h1-3,5,7-8,10-14H,4,6,9H2,(H,23,24). The van der Waals surface area contributed by atoms with E-state index in [1.807, 2.05) is 30.3 Å². The summed E-state index contributed by atoms with van der Waals surface area (Å²) >= 11 is 0. The van der Waals surface area contributed by atoms with Crippen LogP contribution in [0.4, 0.5) is 0 Å². The fourth-order valence-corrected chi connectivity index (χ4v) is 3.12. The van der Waals surface area contributed by atoms with Crippen LogP contribution in [0.5, 0.6) is 0 Å². The molecule has 0 spiro atoms. The highest BCUT2D eigenvalue weighted by molar-refractivity contribution is 5.85. The summed E-state index contributed by atoms with van der Waals surface area (Å²) in [6, 6.07) is 17.6. The Hall–Kier alpha value is -3.14. The highest BCUT2D eigenvalue weighted by Crippen LogP contribution is 2.33. The zero-order chi connectivity index (χ0) is 17.1. The maximum Gasteiger partial charge on any atom is 0.247 e. The number of H-pyrrole nitrogens is 1. The van der Waals surface area contributed by atoms with Crippen LogP contribution in [0, 0.1) is 0 Å². The van der Waals surface area contributed by atoms with E-state index in [2.05, 4.69) is 28.2 Å². The van der Waals surface area contributed by atoms with Crippen molar-refractivity contribution in [1.82, 2.24) is 9.97 Å². The van der Waals surface area contributed by atoms with E-state index in [-0.39, 0.29) is 5.56 Å². The molecule has 25 heavy (non-hydrogen) atoms. The molecule has 1 N–H and O–H groups in total. The predicted octanol–water partition coefficient (Wildman–Crippen LogP) is 4.36. The molecule has 0 atom stereocenters. The molecule has 4 aromatic rings. The summed E-state index contributed by atoms with van der Waals surface area (Å²) in [6.07, 6.45) is 6.30. The number of nitrogens with one attached hydrogen (secondary N) is 1. The Morgan fingerprint density at radius 2 is 1.84 bits per heavy atom. The van der Waals surface area contributed by atoms with Gasteiger partial charge in [0.05, 0.1) is 0 Å². The first-order valence-corrected chi connectivity index (χ1v) is 8.41. The number of aromatic nitrogens is 2. The maximum absolute atomic E-state index is 11.2. The summed E-state index contributed by atoms with van der Waals surface area (Å²) in [7, 11) is 0. The third-order valence-corrected chi connectivity index (χ3v) is 4.35. The summed E-state index contributed by atoms with van der Waals surface area (Å²) < 4.78 is 6.05. The molecule has 0 saturated carbocycles. The topological polar surface area (TPSA) is 58.9 Å². The van der Waals surface area contributed by atoms with Crippen molar-refractivity contribution in [2.75, 3.05) is 0 Å². The smallest absolute Gasteiger partial charge is 0.247 e. The van der Waals surface area contributed by atoms with E-state index in [0.29, 0.717) is 5.71 Å². The number of aromatic amines is 1. The minimum absolute atomic E-state index is 0.0676. The van der Waals surface area contributed by atoms with Crippen LogP contribution in [0.25, 0.3) is 22.4 Å². The van der Waals surface area contributed by atoms with Crippen molar-refractivity contribution in [2.45, 2.75) is 19.3 Å². The van der Waals surface area contributed by atoms with Gasteiger partial charge in [0.1, 0.15) is 5.76 Å². The molecule has 3 heterocycles. The Morgan fingerprint density at radius 1 is 0.960 bits per heavy atom. The SMILES string of the molecule is O=c1ccc(CCCc2c(-c3ccccc3)oc3ncccc23)c[nH]1. The molecule has 0 saturated heterocycles. The van der Waals surface area contributed by atoms with Crippen LogP contribution < -0.4 is 5.56 Å². The molecular weight excluding hydrogens is 312 g/mol. The third kappa shape index (κ3) is 3.24. The van der Waals surface area contributed by atoms with Gasteiger partial charge >= 0.3 is 0 Å². The van der Waals surface area contributed by atoms with Crippen LogP contribution in [0.2, 0.25) is 0 Å². The van der Waals surface area contributed by atoms with Gasteiger partial charge in [-0.25, -0.2) is 4.98 Å². The number of nitrogens with zero attached hydrogens (tertiary/aromatic N) is 1. The van der Waals surface area contributed by atoms with Crippen molar-refractivity contribution in [3.8, 4) is 11.3 Å². The second-order valence-electron chi connectivity index (χ2n) is 6.05. The van der Waals surface area contributed by atoms with Crippen LogP contribution >= 0.6 is 0 Å². The van der Waals surface area contributed by atoms with Crippen molar-refractivity contribution < 1.29 is 4.42 Å². The van der Waals surface area contributed by atoms with Crippen molar-refractivity contribution in [2.24, 2.45) is 0 Å². The Labute approximate surface area is 145 Å². The van der Waals surface area contributed by atoms with Gasteiger partial charge in [0.15, 0.2) is 0 Å². The normalized spacial score (nSPS) is 11.0. The molecule has 4 heteroatoms. The molecule has 3 aromatic heterocycles. The molecular formula is C21H18N2O2. The van der Waals surface area contributed by atoms with Gasteiger partial charge in [-0.15, -0.1) is 0 Å². The van der Waals surface area contributed by atoms with Crippen LogP contribution in [0.15, 0.2) is 76.2 Å². The fraction of sp³-hybridized carbons (Fsp3) is 0.143. The first kappa shape index (κ1) is 15.4. The highest BCUT2D eigenvalue weighted by atomic mass is 16.3. The highest BCUT2D eigenvalue weighted by Gasteiger charge is 2.16. The van der Waals surface area contributed by atoms with Crippen LogP contribution in [0.3, 0.4) is 0 Å². The second kappa shape index (κ2) is 6.77. The maximum atomic E-state index is 11.2. The van der Waals surface area contributed by atoms with Gasteiger partial charge < -0.3 is 9.40 Å². The molecule has 0 aliphatic heterocycles. The minimum atomic E-state index is -0.0676. The summed E-state index contributed by atoms with van der Waals surface area (Å²) in [6.45, 7) is 0. The van der Waals surface area contributed by atoms with Gasteiger partial charge in [-0.05, 0) is 37.0 Å². The lowest BCUT2D eigenvalue weighted by Gasteiger charge is -2.04. The average Bonchev–Trinajstić information content (AvgIpc) is 3.03. The molecule has 0 aliphatic rings. The minimum Gasteiger partial charge on any atom is -0.437 e. The summed E-state index contributed by atoms with van der Waals surface area (Å²) in [5.41, 5.74) is 4.01. The number of aryl methyl sites for hydroxylation is 2. The monoisotopic (exact) mass is 330 g/mol. The molecule has 4 nitrogen and oxygen atoms in total. The second-order valence-corrected chi connectivity index (χ2v) is 6.05. The summed E-state index contributed by atoms with van der Waals surface area (Å²) in [5, 5.41) is 1.07. The van der Waals surface area contributed by atoms with E-state index < -0.39 is 0 Å². The Kier molecular flexibility index (Phi) is 4.17. The molecule has 124 valence electrons. The van der Waals surface area contributed by atoms with Crippen molar-refractivity contribution in [3.63, 3.8) is 0 Å². The van der Waals surface area contributed by atoms with E-state index in [0.717, 1.165) is 41.5 Å². The van der Waals surface area contributed by atoms with Gasteiger partial charge in [-0.3, -0.25) is 4.79 Å². The molecule has 0 amide bonds. The summed E-state index contributed by atoms with van der Waals surface area (Å²) in [4.78, 5) is 18.2. The van der Waals surface area contributed by atoms with Crippen molar-refractivity contribution >= 4 is 11.1 Å². The van der Waals surface area contributed by atoms with Gasteiger partial charge in [0.2, 0.25) is 11.3 Å². The lowest BCUT2D eigenvalue weighted by atomic mass is 10.00. The largest absolute Gasteiger partial charge is 0.437 e. The number of hydrogen-bond donors (Lipinski definition) is 1. The number of furan rings is 1. The first-order valence-electron chi connectivity index (χ1n) is 8.41. The first-order chi connectivity index (χ1) is 12.3. The molecule has 0 bridgehead atoms. The van der Waals surface area contributed by atoms with E-state index in [9.17, 15) is 4.79 Å². The lowest BCUT2D eigenvalue weighted by molar-refractivity contribution is 0.612. The number of pyridine rings is 2. The Morgan fingerprint density at radius 3 is 2.64 bits per heavy atom. The average molecular weight is 330 g/mol. The van der Waals surface area contributed by atoms with E-state index >= 15 is 0 Å². The van der Waals surface area contributed by atoms with Gasteiger partial charge in [0, 0.05) is 35.0 Å². The van der Waals surface area contributed by atoms with Crippen LogP contribution in [-0.2, 0) is 12.8 Å². The Balaban J connectivity index is 1.63.